The quantitative estimate of drug-likeness (QED) is 0.754. The molecule has 0 amide bonds. The summed E-state index contributed by atoms with van der Waals surface area (Å²) in [7, 11) is 2.10. The molecule has 0 bridgehead atoms. The molecule has 0 heterocycles. The Morgan fingerprint density at radius 1 is 1.42 bits per heavy atom. The topological polar surface area (TPSA) is 52.6 Å². The molecule has 0 unspecified atom stereocenters. The molecule has 0 saturated heterocycles. The average Bonchev–Trinajstić information content (AvgIpc) is 2.33. The van der Waals surface area contributed by atoms with E-state index in [1.54, 1.807) is 12.1 Å². The molecular formula is C14H21BrN2O2. The fourth-order valence-electron chi connectivity index (χ4n) is 1.63. The molecule has 0 aliphatic heterocycles. The summed E-state index contributed by atoms with van der Waals surface area (Å²) in [5.41, 5.74) is 1.12. The summed E-state index contributed by atoms with van der Waals surface area (Å²) in [6.07, 6.45) is 1.02. The van der Waals surface area contributed by atoms with Crippen molar-refractivity contribution in [2.45, 2.75) is 26.3 Å². The Morgan fingerprint density at radius 2 is 2.11 bits per heavy atom. The van der Waals surface area contributed by atoms with Crippen molar-refractivity contribution in [3.05, 3.63) is 28.2 Å². The summed E-state index contributed by atoms with van der Waals surface area (Å²) >= 11 is 3.32. The van der Waals surface area contributed by atoms with Gasteiger partial charge < -0.3 is 15.3 Å². The lowest BCUT2D eigenvalue weighted by molar-refractivity contribution is 0.0697. The highest BCUT2D eigenvalue weighted by molar-refractivity contribution is 9.10. The van der Waals surface area contributed by atoms with E-state index < -0.39 is 5.97 Å². The molecule has 2 N–H and O–H groups in total. The first kappa shape index (κ1) is 16.0. The lowest BCUT2D eigenvalue weighted by atomic mass is 10.2. The van der Waals surface area contributed by atoms with Crippen LogP contribution >= 0.6 is 15.9 Å². The molecule has 0 saturated carbocycles. The second-order valence-electron chi connectivity index (χ2n) is 4.89. The van der Waals surface area contributed by atoms with Crippen molar-refractivity contribution >= 4 is 27.6 Å². The first-order chi connectivity index (χ1) is 8.90. The van der Waals surface area contributed by atoms with Crippen LogP contribution in [0.1, 0.15) is 30.6 Å². The number of hydrogen-bond acceptors (Lipinski definition) is 3. The minimum atomic E-state index is -0.913. The van der Waals surface area contributed by atoms with Gasteiger partial charge in [0.2, 0.25) is 0 Å². The van der Waals surface area contributed by atoms with Crippen molar-refractivity contribution in [3.63, 3.8) is 0 Å². The van der Waals surface area contributed by atoms with Crippen LogP contribution in [0.15, 0.2) is 22.7 Å². The number of halogens is 1. The number of nitrogens with one attached hydrogen (secondary N) is 1. The number of carbonyl (C=O) groups is 1. The molecule has 1 rings (SSSR count). The molecule has 0 aliphatic rings. The second kappa shape index (κ2) is 7.50. The van der Waals surface area contributed by atoms with E-state index in [0.717, 1.165) is 29.7 Å². The van der Waals surface area contributed by atoms with E-state index in [1.165, 1.54) is 0 Å². The SMILES string of the molecule is CC(C)N(C)CCCNc1cc(Br)cc(C(=O)O)c1. The van der Waals surface area contributed by atoms with E-state index in [0.29, 0.717) is 6.04 Å². The van der Waals surface area contributed by atoms with Crippen molar-refractivity contribution < 1.29 is 9.90 Å². The predicted molar refractivity (Wildman–Crippen MR) is 82.0 cm³/mol. The van der Waals surface area contributed by atoms with Crippen LogP contribution in [0.3, 0.4) is 0 Å². The van der Waals surface area contributed by atoms with Crippen LogP contribution in [0.25, 0.3) is 0 Å². The lowest BCUT2D eigenvalue weighted by Gasteiger charge is -2.20. The van der Waals surface area contributed by atoms with Crippen molar-refractivity contribution in [3.8, 4) is 0 Å². The number of rotatable bonds is 7. The van der Waals surface area contributed by atoms with Gasteiger partial charge in [-0.25, -0.2) is 4.79 Å². The van der Waals surface area contributed by atoms with Gasteiger partial charge in [0, 0.05) is 22.7 Å². The smallest absolute Gasteiger partial charge is 0.335 e. The van der Waals surface area contributed by atoms with E-state index in [4.69, 9.17) is 5.11 Å². The van der Waals surface area contributed by atoms with Gasteiger partial charge in [0.1, 0.15) is 0 Å². The fraction of sp³-hybridized carbons (Fsp3) is 0.500. The molecule has 19 heavy (non-hydrogen) atoms. The van der Waals surface area contributed by atoms with Gasteiger partial charge in [0.25, 0.3) is 0 Å². The number of benzene rings is 1. The summed E-state index contributed by atoms with van der Waals surface area (Å²) < 4.78 is 0.772. The van der Waals surface area contributed by atoms with Gasteiger partial charge in [-0.3, -0.25) is 0 Å². The zero-order chi connectivity index (χ0) is 14.4. The highest BCUT2D eigenvalue weighted by Crippen LogP contribution is 2.19. The molecule has 0 fully saturated rings. The van der Waals surface area contributed by atoms with Crippen molar-refractivity contribution in [2.24, 2.45) is 0 Å². The number of aromatic carboxylic acids is 1. The molecular weight excluding hydrogens is 308 g/mol. The number of carboxylic acids is 1. The number of carboxylic acid groups (broad SMARTS) is 1. The van der Waals surface area contributed by atoms with E-state index in [1.807, 2.05) is 6.07 Å². The monoisotopic (exact) mass is 328 g/mol. The number of hydrogen-bond donors (Lipinski definition) is 2. The van der Waals surface area contributed by atoms with E-state index in [-0.39, 0.29) is 5.56 Å². The molecule has 0 aromatic heterocycles. The zero-order valence-corrected chi connectivity index (χ0v) is 13.2. The third kappa shape index (κ3) is 5.61. The zero-order valence-electron chi connectivity index (χ0n) is 11.6. The van der Waals surface area contributed by atoms with E-state index in [9.17, 15) is 4.79 Å². The summed E-state index contributed by atoms with van der Waals surface area (Å²) in [4.78, 5) is 13.2. The normalized spacial score (nSPS) is 11.1. The molecule has 0 radical (unpaired) electrons. The fourth-order valence-corrected chi connectivity index (χ4v) is 2.13. The summed E-state index contributed by atoms with van der Waals surface area (Å²) in [5.74, 6) is -0.913. The molecule has 0 atom stereocenters. The first-order valence-corrected chi connectivity index (χ1v) is 7.17. The van der Waals surface area contributed by atoms with Gasteiger partial charge in [-0.1, -0.05) is 15.9 Å². The minimum Gasteiger partial charge on any atom is -0.478 e. The maximum atomic E-state index is 10.9. The third-order valence-electron chi connectivity index (χ3n) is 3.04. The highest BCUT2D eigenvalue weighted by Gasteiger charge is 2.06. The maximum Gasteiger partial charge on any atom is 0.335 e. The van der Waals surface area contributed by atoms with E-state index >= 15 is 0 Å². The van der Waals surface area contributed by atoms with Gasteiger partial charge in [0.05, 0.1) is 5.56 Å². The Hall–Kier alpha value is -1.07. The summed E-state index contributed by atoms with van der Waals surface area (Å²) in [5, 5.41) is 12.2. The minimum absolute atomic E-state index is 0.288. The van der Waals surface area contributed by atoms with E-state index in [2.05, 4.69) is 47.0 Å². The summed E-state index contributed by atoms with van der Waals surface area (Å²) in [6.45, 7) is 6.18. The standard InChI is InChI=1S/C14H21BrN2O2/c1-10(2)17(3)6-4-5-16-13-8-11(14(18)19)7-12(15)9-13/h7-10,16H,4-6H2,1-3H3,(H,18,19). The van der Waals surface area contributed by atoms with Crippen LogP contribution in [-0.4, -0.2) is 42.2 Å². The molecule has 1 aromatic rings. The Bertz CT molecular complexity index is 435. The molecule has 5 heteroatoms. The van der Waals surface area contributed by atoms with Crippen LogP contribution < -0.4 is 5.32 Å². The highest BCUT2D eigenvalue weighted by atomic mass is 79.9. The largest absolute Gasteiger partial charge is 0.478 e. The van der Waals surface area contributed by atoms with Crippen LogP contribution in [0.2, 0.25) is 0 Å². The van der Waals surface area contributed by atoms with Gasteiger partial charge in [0.15, 0.2) is 0 Å². The van der Waals surface area contributed by atoms with Crippen molar-refractivity contribution in [1.82, 2.24) is 4.90 Å². The molecule has 4 nitrogen and oxygen atoms in total. The Balaban J connectivity index is 2.47. The molecule has 106 valence electrons. The van der Waals surface area contributed by atoms with Gasteiger partial charge in [-0.05, 0) is 52.1 Å². The lowest BCUT2D eigenvalue weighted by Crippen LogP contribution is -2.28. The third-order valence-corrected chi connectivity index (χ3v) is 3.50. The van der Waals surface area contributed by atoms with Crippen LogP contribution in [-0.2, 0) is 0 Å². The Morgan fingerprint density at radius 3 is 2.68 bits per heavy atom. The predicted octanol–water partition coefficient (Wildman–Crippen LogP) is 3.29. The summed E-state index contributed by atoms with van der Waals surface area (Å²) in [6, 6.07) is 5.68. The molecule has 0 aliphatic carbocycles. The van der Waals surface area contributed by atoms with Gasteiger partial charge >= 0.3 is 5.97 Å². The molecule has 0 spiro atoms. The van der Waals surface area contributed by atoms with Crippen LogP contribution in [0.5, 0.6) is 0 Å². The van der Waals surface area contributed by atoms with Crippen LogP contribution in [0.4, 0.5) is 5.69 Å². The Kier molecular flexibility index (Phi) is 6.31. The van der Waals surface area contributed by atoms with Crippen molar-refractivity contribution in [1.29, 1.82) is 0 Å². The molecule has 1 aromatic carbocycles. The van der Waals surface area contributed by atoms with Gasteiger partial charge in [-0.15, -0.1) is 0 Å². The first-order valence-electron chi connectivity index (χ1n) is 6.38. The average molecular weight is 329 g/mol. The number of anilines is 1. The van der Waals surface area contributed by atoms with Crippen molar-refractivity contribution in [2.75, 3.05) is 25.5 Å². The van der Waals surface area contributed by atoms with Crippen LogP contribution in [0, 0.1) is 0 Å². The second-order valence-corrected chi connectivity index (χ2v) is 5.80. The Labute approximate surface area is 122 Å². The number of nitrogens with zero attached hydrogens (tertiary/aromatic N) is 1. The maximum absolute atomic E-state index is 10.9. The van der Waals surface area contributed by atoms with Gasteiger partial charge in [-0.2, -0.15) is 0 Å².